The van der Waals surface area contributed by atoms with Crippen molar-refractivity contribution in [1.29, 1.82) is 0 Å². The van der Waals surface area contributed by atoms with Crippen LogP contribution in [0.1, 0.15) is 22.3 Å². The quantitative estimate of drug-likeness (QED) is 0.600. The largest absolute Gasteiger partial charge is 0.490 e. The molecular weight excluding hydrogens is 368 g/mol. The van der Waals surface area contributed by atoms with Crippen molar-refractivity contribution >= 4 is 17.6 Å². The van der Waals surface area contributed by atoms with Crippen LogP contribution in [0.2, 0.25) is 0 Å². The number of aliphatic imine (C=N–C) groups is 1. The summed E-state index contributed by atoms with van der Waals surface area (Å²) in [5.74, 6) is 2.18. The lowest BCUT2D eigenvalue weighted by molar-refractivity contribution is 0.0827. The number of nitrogens with one attached hydrogen (secondary N) is 2. The van der Waals surface area contributed by atoms with Crippen LogP contribution in [-0.2, 0) is 6.42 Å². The van der Waals surface area contributed by atoms with Crippen LogP contribution in [-0.4, -0.2) is 57.7 Å². The lowest BCUT2D eigenvalue weighted by Gasteiger charge is -2.14. The highest BCUT2D eigenvalue weighted by Gasteiger charge is 2.12. The van der Waals surface area contributed by atoms with Gasteiger partial charge >= 0.3 is 0 Å². The Morgan fingerprint density at radius 3 is 2.66 bits per heavy atom. The molecule has 0 atom stereocenters. The first kappa shape index (κ1) is 20.5. The third-order valence-corrected chi connectivity index (χ3v) is 4.52. The molecule has 0 radical (unpaired) electrons. The number of benzene rings is 2. The average Bonchev–Trinajstić information content (AvgIpc) is 2.97. The summed E-state index contributed by atoms with van der Waals surface area (Å²) in [4.78, 5) is 18.0. The van der Waals surface area contributed by atoms with Gasteiger partial charge in [0, 0.05) is 51.4 Å². The highest BCUT2D eigenvalue weighted by atomic mass is 16.5. The molecule has 2 aromatic carbocycles. The summed E-state index contributed by atoms with van der Waals surface area (Å²) in [5.41, 5.74) is 2.67. The van der Waals surface area contributed by atoms with Crippen LogP contribution in [0.5, 0.6) is 11.5 Å². The van der Waals surface area contributed by atoms with Crippen LogP contribution in [0.3, 0.4) is 0 Å². The number of rotatable bonds is 5. The minimum absolute atomic E-state index is 0.00620. The Morgan fingerprint density at radius 2 is 1.90 bits per heavy atom. The zero-order chi connectivity index (χ0) is 20.6. The van der Waals surface area contributed by atoms with E-state index in [1.807, 2.05) is 42.5 Å². The zero-order valence-corrected chi connectivity index (χ0v) is 17.2. The molecule has 2 aromatic rings. The average molecular weight is 396 g/mol. The molecule has 2 N–H and O–H groups in total. The minimum Gasteiger partial charge on any atom is -0.490 e. The van der Waals surface area contributed by atoms with E-state index in [-0.39, 0.29) is 5.91 Å². The van der Waals surface area contributed by atoms with Crippen LogP contribution in [0.4, 0.5) is 5.69 Å². The maximum absolute atomic E-state index is 12.1. The molecule has 3 rings (SSSR count). The molecule has 0 saturated carbocycles. The van der Waals surface area contributed by atoms with Crippen LogP contribution in [0.15, 0.2) is 47.5 Å². The Labute approximate surface area is 171 Å². The zero-order valence-electron chi connectivity index (χ0n) is 17.2. The monoisotopic (exact) mass is 396 g/mol. The van der Waals surface area contributed by atoms with Crippen molar-refractivity contribution in [1.82, 2.24) is 10.2 Å². The number of fused-ring (bicyclic) bond motifs is 1. The van der Waals surface area contributed by atoms with E-state index in [0.717, 1.165) is 35.6 Å². The number of guanidine groups is 1. The maximum atomic E-state index is 12.1. The summed E-state index contributed by atoms with van der Waals surface area (Å²) in [6.07, 6.45) is 1.65. The molecule has 0 aliphatic carbocycles. The Bertz CT molecular complexity index is 880. The van der Waals surface area contributed by atoms with E-state index in [1.165, 1.54) is 0 Å². The fourth-order valence-electron chi connectivity index (χ4n) is 3.00. The first-order valence-corrected chi connectivity index (χ1v) is 9.75. The molecule has 0 unspecified atom stereocenters. The standard InChI is InChI=1S/C22H28N4O3/c1-23-22(25-18-8-9-19-20(15-18)29-13-5-12-28-19)24-11-10-16-6-4-7-17(14-16)21(27)26(2)3/h4,6-9,14-15H,5,10-13H2,1-3H3,(H2,23,24,25). The molecule has 0 aromatic heterocycles. The van der Waals surface area contributed by atoms with Crippen LogP contribution < -0.4 is 20.1 Å². The summed E-state index contributed by atoms with van der Waals surface area (Å²) in [6, 6.07) is 13.5. The van der Waals surface area contributed by atoms with Crippen molar-refractivity contribution in [3.05, 3.63) is 53.6 Å². The van der Waals surface area contributed by atoms with E-state index < -0.39 is 0 Å². The van der Waals surface area contributed by atoms with Crippen LogP contribution in [0, 0.1) is 0 Å². The van der Waals surface area contributed by atoms with Gasteiger partial charge in [0.05, 0.1) is 13.2 Å². The molecule has 0 bridgehead atoms. The highest BCUT2D eigenvalue weighted by molar-refractivity contribution is 5.94. The molecule has 29 heavy (non-hydrogen) atoms. The molecule has 1 heterocycles. The molecular formula is C22H28N4O3. The number of nitrogens with zero attached hydrogens (tertiary/aromatic N) is 2. The first-order chi connectivity index (χ1) is 14.1. The number of carbonyl (C=O) groups is 1. The maximum Gasteiger partial charge on any atom is 0.253 e. The topological polar surface area (TPSA) is 75.2 Å². The fraction of sp³-hybridized carbons (Fsp3) is 0.364. The van der Waals surface area contributed by atoms with E-state index in [2.05, 4.69) is 15.6 Å². The first-order valence-electron chi connectivity index (χ1n) is 9.75. The lowest BCUT2D eigenvalue weighted by Crippen LogP contribution is -2.32. The van der Waals surface area contributed by atoms with Gasteiger partial charge in [0.15, 0.2) is 17.5 Å². The normalized spacial score (nSPS) is 13.4. The summed E-state index contributed by atoms with van der Waals surface area (Å²) < 4.78 is 11.4. The van der Waals surface area contributed by atoms with Gasteiger partial charge in [-0.25, -0.2) is 0 Å². The predicted octanol–water partition coefficient (Wildman–Crippen LogP) is 2.78. The second-order valence-corrected chi connectivity index (χ2v) is 6.99. The van der Waals surface area contributed by atoms with Gasteiger partial charge < -0.3 is 25.0 Å². The Morgan fingerprint density at radius 1 is 1.10 bits per heavy atom. The van der Waals surface area contributed by atoms with Crippen molar-refractivity contribution in [3.63, 3.8) is 0 Å². The second kappa shape index (κ2) is 9.82. The summed E-state index contributed by atoms with van der Waals surface area (Å²) in [6.45, 7) is 2.01. The van der Waals surface area contributed by atoms with Crippen molar-refractivity contribution < 1.29 is 14.3 Å². The molecule has 7 nitrogen and oxygen atoms in total. The van der Waals surface area contributed by atoms with E-state index in [9.17, 15) is 4.79 Å². The minimum atomic E-state index is 0.00620. The number of hydrogen-bond donors (Lipinski definition) is 2. The molecule has 1 amide bonds. The highest BCUT2D eigenvalue weighted by Crippen LogP contribution is 2.32. The third kappa shape index (κ3) is 5.63. The van der Waals surface area contributed by atoms with E-state index >= 15 is 0 Å². The number of hydrogen-bond acceptors (Lipinski definition) is 4. The molecule has 7 heteroatoms. The van der Waals surface area contributed by atoms with Gasteiger partial charge in [-0.15, -0.1) is 0 Å². The summed E-state index contributed by atoms with van der Waals surface area (Å²) in [5, 5.41) is 6.57. The van der Waals surface area contributed by atoms with Gasteiger partial charge in [-0.1, -0.05) is 12.1 Å². The van der Waals surface area contributed by atoms with Crippen molar-refractivity contribution in [2.24, 2.45) is 4.99 Å². The van der Waals surface area contributed by atoms with Crippen LogP contribution >= 0.6 is 0 Å². The molecule has 154 valence electrons. The number of ether oxygens (including phenoxy) is 2. The second-order valence-electron chi connectivity index (χ2n) is 6.99. The number of amides is 1. The molecule has 1 aliphatic heterocycles. The smallest absolute Gasteiger partial charge is 0.253 e. The Balaban J connectivity index is 1.56. The Hall–Kier alpha value is -3.22. The van der Waals surface area contributed by atoms with Crippen molar-refractivity contribution in [2.75, 3.05) is 46.2 Å². The molecule has 0 saturated heterocycles. The lowest BCUT2D eigenvalue weighted by atomic mass is 10.1. The van der Waals surface area contributed by atoms with Gasteiger partial charge in [0.2, 0.25) is 0 Å². The van der Waals surface area contributed by atoms with Crippen LogP contribution in [0.25, 0.3) is 0 Å². The van der Waals surface area contributed by atoms with E-state index in [0.29, 0.717) is 31.3 Å². The summed E-state index contributed by atoms with van der Waals surface area (Å²) in [7, 11) is 5.24. The van der Waals surface area contributed by atoms with Crippen molar-refractivity contribution in [3.8, 4) is 11.5 Å². The van der Waals surface area contributed by atoms with E-state index in [4.69, 9.17) is 9.47 Å². The van der Waals surface area contributed by atoms with Gasteiger partial charge in [0.25, 0.3) is 5.91 Å². The molecule has 1 aliphatic rings. The van der Waals surface area contributed by atoms with Crippen molar-refractivity contribution in [2.45, 2.75) is 12.8 Å². The van der Waals surface area contributed by atoms with Gasteiger partial charge in [-0.05, 0) is 36.2 Å². The van der Waals surface area contributed by atoms with Gasteiger partial charge in [0.1, 0.15) is 0 Å². The molecule has 0 fully saturated rings. The predicted molar refractivity (Wildman–Crippen MR) is 115 cm³/mol. The summed E-state index contributed by atoms with van der Waals surface area (Å²) >= 11 is 0. The SMILES string of the molecule is CN=C(NCCc1cccc(C(=O)N(C)C)c1)Nc1ccc2c(c1)OCCCO2. The van der Waals surface area contributed by atoms with E-state index in [1.54, 1.807) is 26.0 Å². The number of carbonyl (C=O) groups excluding carboxylic acids is 1. The van der Waals surface area contributed by atoms with Gasteiger partial charge in [-0.2, -0.15) is 0 Å². The number of anilines is 1. The fourth-order valence-corrected chi connectivity index (χ4v) is 3.00. The van der Waals surface area contributed by atoms with Gasteiger partial charge in [-0.3, -0.25) is 9.79 Å². The third-order valence-electron chi connectivity index (χ3n) is 4.52. The Kier molecular flexibility index (Phi) is 6.94. The molecule has 0 spiro atoms.